The molecule has 2 aromatic rings. The van der Waals surface area contributed by atoms with E-state index in [4.69, 9.17) is 0 Å². The molecule has 0 saturated carbocycles. The molecule has 1 aromatic carbocycles. The van der Waals surface area contributed by atoms with Gasteiger partial charge in [0.05, 0.1) is 13.1 Å². The first-order valence-electron chi connectivity index (χ1n) is 7.30. The number of carboxylic acids is 1. The van der Waals surface area contributed by atoms with Crippen LogP contribution in [0.2, 0.25) is 0 Å². The number of urea groups is 1. The number of carbonyl (C=O) groups is 2. The van der Waals surface area contributed by atoms with E-state index in [1.54, 1.807) is 11.5 Å². The molecule has 0 bridgehead atoms. The Bertz CT molecular complexity index is 789. The number of aliphatic carboxylic acids is 1. The van der Waals surface area contributed by atoms with Gasteiger partial charge in [-0.25, -0.2) is 14.0 Å². The minimum absolute atomic E-state index is 0.0438. The average molecular weight is 333 g/mol. The lowest BCUT2D eigenvalue weighted by Crippen LogP contribution is -2.54. The van der Waals surface area contributed by atoms with Gasteiger partial charge in [0.25, 0.3) is 0 Å². The molecule has 9 heteroatoms. The van der Waals surface area contributed by atoms with Gasteiger partial charge in [0.1, 0.15) is 17.7 Å². The number of fused-ring (bicyclic) bond motifs is 1. The summed E-state index contributed by atoms with van der Waals surface area (Å²) in [7, 11) is 1.51. The summed E-state index contributed by atoms with van der Waals surface area (Å²) in [5.74, 6) is -0.375. The van der Waals surface area contributed by atoms with Crippen molar-refractivity contribution in [3.63, 3.8) is 0 Å². The number of halogens is 1. The SMILES string of the molecule is Cc1nnc2n1CC(C(=O)O)N(C(=O)N(C)c1ccc(F)cc1)C2. The molecule has 1 aliphatic rings. The lowest BCUT2D eigenvalue weighted by Gasteiger charge is -2.36. The van der Waals surface area contributed by atoms with Crippen molar-refractivity contribution >= 4 is 17.7 Å². The largest absolute Gasteiger partial charge is 0.480 e. The second-order valence-electron chi connectivity index (χ2n) is 5.57. The zero-order valence-corrected chi connectivity index (χ0v) is 13.2. The Labute approximate surface area is 137 Å². The molecule has 24 heavy (non-hydrogen) atoms. The molecule has 8 nitrogen and oxygen atoms in total. The van der Waals surface area contributed by atoms with Crippen molar-refractivity contribution in [2.75, 3.05) is 11.9 Å². The number of carboxylic acid groups (broad SMARTS) is 1. The highest BCUT2D eigenvalue weighted by Crippen LogP contribution is 2.22. The quantitative estimate of drug-likeness (QED) is 0.893. The van der Waals surface area contributed by atoms with E-state index in [0.29, 0.717) is 17.3 Å². The number of amides is 2. The van der Waals surface area contributed by atoms with E-state index < -0.39 is 23.9 Å². The zero-order chi connectivity index (χ0) is 17.4. The molecule has 0 aliphatic carbocycles. The van der Waals surface area contributed by atoms with Crippen LogP contribution in [0, 0.1) is 12.7 Å². The van der Waals surface area contributed by atoms with Gasteiger partial charge >= 0.3 is 12.0 Å². The molecule has 1 aromatic heterocycles. The van der Waals surface area contributed by atoms with E-state index in [2.05, 4.69) is 10.2 Å². The van der Waals surface area contributed by atoms with E-state index in [1.807, 2.05) is 0 Å². The first-order valence-corrected chi connectivity index (χ1v) is 7.30. The molecule has 0 spiro atoms. The average Bonchev–Trinajstić information content (AvgIpc) is 2.93. The van der Waals surface area contributed by atoms with E-state index in [1.165, 1.54) is 41.1 Å². The maximum atomic E-state index is 13.0. The first kappa shape index (κ1) is 15.9. The van der Waals surface area contributed by atoms with Gasteiger partial charge in [-0.15, -0.1) is 10.2 Å². The van der Waals surface area contributed by atoms with Crippen molar-refractivity contribution < 1.29 is 19.1 Å². The molecule has 0 radical (unpaired) electrons. The fraction of sp³-hybridized carbons (Fsp3) is 0.333. The third-order valence-corrected chi connectivity index (χ3v) is 4.09. The summed E-state index contributed by atoms with van der Waals surface area (Å²) in [6.45, 7) is 1.87. The minimum atomic E-state index is -1.10. The molecule has 1 N–H and O–H groups in total. The molecule has 3 rings (SSSR count). The summed E-state index contributed by atoms with van der Waals surface area (Å²) >= 11 is 0. The number of hydrogen-bond acceptors (Lipinski definition) is 4. The van der Waals surface area contributed by atoms with Gasteiger partial charge in [0.15, 0.2) is 5.82 Å². The van der Waals surface area contributed by atoms with Crippen LogP contribution in [0.4, 0.5) is 14.9 Å². The zero-order valence-electron chi connectivity index (χ0n) is 13.2. The number of aryl methyl sites for hydroxylation is 1. The molecule has 1 atom stereocenters. The number of carbonyl (C=O) groups excluding carboxylic acids is 1. The Kier molecular flexibility index (Phi) is 3.92. The van der Waals surface area contributed by atoms with Crippen LogP contribution in [-0.4, -0.2) is 49.9 Å². The summed E-state index contributed by atoms with van der Waals surface area (Å²) < 4.78 is 14.7. The van der Waals surface area contributed by atoms with E-state index >= 15 is 0 Å². The summed E-state index contributed by atoms with van der Waals surface area (Å²) in [5.41, 5.74) is 0.466. The maximum Gasteiger partial charge on any atom is 0.328 e. The van der Waals surface area contributed by atoms with Gasteiger partial charge in [0.2, 0.25) is 0 Å². The van der Waals surface area contributed by atoms with Crippen LogP contribution in [0.1, 0.15) is 11.6 Å². The number of hydrogen-bond donors (Lipinski definition) is 1. The molecule has 2 heterocycles. The highest BCUT2D eigenvalue weighted by molar-refractivity contribution is 5.94. The molecule has 1 aliphatic heterocycles. The number of rotatable bonds is 2. The molecule has 0 saturated heterocycles. The lowest BCUT2D eigenvalue weighted by atomic mass is 10.2. The Hall–Kier alpha value is -2.97. The molecular formula is C15H16FN5O3. The third kappa shape index (κ3) is 2.68. The Morgan fingerprint density at radius 3 is 2.58 bits per heavy atom. The number of benzene rings is 1. The molecule has 126 valence electrons. The van der Waals surface area contributed by atoms with Crippen molar-refractivity contribution in [1.29, 1.82) is 0 Å². The maximum absolute atomic E-state index is 13.0. The van der Waals surface area contributed by atoms with Crippen molar-refractivity contribution in [2.24, 2.45) is 0 Å². The van der Waals surface area contributed by atoms with Crippen LogP contribution in [0.15, 0.2) is 24.3 Å². The standard InChI is InChI=1S/C15H16FN5O3/c1-9-17-18-13-8-21(12(14(22)23)7-20(9)13)15(24)19(2)11-5-3-10(16)4-6-11/h3-6,12H,7-8H2,1-2H3,(H,22,23). The van der Waals surface area contributed by atoms with Crippen LogP contribution < -0.4 is 4.90 Å². The molecule has 1 unspecified atom stereocenters. The number of nitrogens with zero attached hydrogens (tertiary/aromatic N) is 5. The van der Waals surface area contributed by atoms with Crippen LogP contribution in [0.3, 0.4) is 0 Å². The Balaban J connectivity index is 1.89. The van der Waals surface area contributed by atoms with Crippen LogP contribution in [0.5, 0.6) is 0 Å². The smallest absolute Gasteiger partial charge is 0.328 e. The summed E-state index contributed by atoms with van der Waals surface area (Å²) in [6, 6.07) is 3.87. The van der Waals surface area contributed by atoms with E-state index in [0.717, 1.165) is 0 Å². The van der Waals surface area contributed by atoms with Gasteiger partial charge in [-0.05, 0) is 31.2 Å². The van der Waals surface area contributed by atoms with Crippen LogP contribution in [0.25, 0.3) is 0 Å². The third-order valence-electron chi connectivity index (χ3n) is 4.09. The van der Waals surface area contributed by atoms with Gasteiger partial charge < -0.3 is 14.6 Å². The van der Waals surface area contributed by atoms with E-state index in [-0.39, 0.29) is 13.1 Å². The monoisotopic (exact) mass is 333 g/mol. The molecule has 0 fully saturated rings. The summed E-state index contributed by atoms with van der Waals surface area (Å²) in [4.78, 5) is 26.9. The first-order chi connectivity index (χ1) is 11.4. The second-order valence-corrected chi connectivity index (χ2v) is 5.57. The van der Waals surface area contributed by atoms with Crippen molar-refractivity contribution in [2.45, 2.75) is 26.1 Å². The fourth-order valence-corrected chi connectivity index (χ4v) is 2.69. The molecular weight excluding hydrogens is 317 g/mol. The normalized spacial score (nSPS) is 16.6. The number of anilines is 1. The van der Waals surface area contributed by atoms with Gasteiger partial charge in [-0.2, -0.15) is 0 Å². The highest BCUT2D eigenvalue weighted by atomic mass is 19.1. The predicted octanol–water partition coefficient (Wildman–Crippen LogP) is 1.25. The number of aromatic nitrogens is 3. The van der Waals surface area contributed by atoms with Crippen LogP contribution >= 0.6 is 0 Å². The minimum Gasteiger partial charge on any atom is -0.480 e. The Morgan fingerprint density at radius 1 is 1.29 bits per heavy atom. The van der Waals surface area contributed by atoms with Crippen molar-refractivity contribution in [1.82, 2.24) is 19.7 Å². The Morgan fingerprint density at radius 2 is 1.96 bits per heavy atom. The van der Waals surface area contributed by atoms with Crippen LogP contribution in [-0.2, 0) is 17.9 Å². The topological polar surface area (TPSA) is 91.6 Å². The van der Waals surface area contributed by atoms with Gasteiger partial charge in [0, 0.05) is 12.7 Å². The summed E-state index contributed by atoms with van der Waals surface area (Å²) in [6.07, 6.45) is 0. The predicted molar refractivity (Wildman–Crippen MR) is 81.9 cm³/mol. The van der Waals surface area contributed by atoms with Gasteiger partial charge in [-0.3, -0.25) is 4.90 Å². The fourth-order valence-electron chi connectivity index (χ4n) is 2.69. The van der Waals surface area contributed by atoms with Gasteiger partial charge in [-0.1, -0.05) is 0 Å². The summed E-state index contributed by atoms with van der Waals surface area (Å²) in [5, 5.41) is 17.4. The molecule has 2 amide bonds. The lowest BCUT2D eigenvalue weighted by molar-refractivity contribution is -0.143. The van der Waals surface area contributed by atoms with Crippen molar-refractivity contribution in [3.8, 4) is 0 Å². The second kappa shape index (κ2) is 5.91. The van der Waals surface area contributed by atoms with Crippen molar-refractivity contribution in [3.05, 3.63) is 41.7 Å². The highest BCUT2D eigenvalue weighted by Gasteiger charge is 2.37. The van der Waals surface area contributed by atoms with E-state index in [9.17, 15) is 19.1 Å².